The van der Waals surface area contributed by atoms with E-state index in [0.717, 1.165) is 12.8 Å². The van der Waals surface area contributed by atoms with Crippen molar-refractivity contribution in [3.8, 4) is 0 Å². The zero-order valence-electron chi connectivity index (χ0n) is 12.5. The quantitative estimate of drug-likeness (QED) is 0.536. The minimum atomic E-state index is -0.505. The first-order valence-electron chi connectivity index (χ1n) is 7.05. The summed E-state index contributed by atoms with van der Waals surface area (Å²) < 4.78 is 0. The number of amides is 1. The van der Waals surface area contributed by atoms with E-state index in [-0.39, 0.29) is 12.2 Å². The number of nitrogens with zero attached hydrogens (tertiary/aromatic N) is 2. The van der Waals surface area contributed by atoms with Gasteiger partial charge in [0.15, 0.2) is 0 Å². The fourth-order valence-electron chi connectivity index (χ4n) is 2.13. The van der Waals surface area contributed by atoms with Crippen molar-refractivity contribution in [1.82, 2.24) is 0 Å². The van der Waals surface area contributed by atoms with E-state index in [4.69, 9.17) is 5.73 Å². The number of primary amides is 1. The molecule has 1 aromatic rings. The van der Waals surface area contributed by atoms with Crippen LogP contribution in [-0.2, 0) is 4.79 Å². The van der Waals surface area contributed by atoms with E-state index in [1.54, 1.807) is 23.1 Å². The summed E-state index contributed by atoms with van der Waals surface area (Å²) in [7, 11) is 0. The number of benzene rings is 1. The first-order valence-corrected chi connectivity index (χ1v) is 7.05. The lowest BCUT2D eigenvalue weighted by molar-refractivity contribution is -0.383. The SMILES string of the molecule is CCCCN(CC(N)=O)c1cccc(NCC)c1[N+](=O)[O-]. The van der Waals surface area contributed by atoms with Gasteiger partial charge in [0, 0.05) is 13.1 Å². The predicted octanol–water partition coefficient (Wildman–Crippen LogP) is 2.12. The maximum absolute atomic E-state index is 11.4. The number of para-hydroxylation sites is 1. The van der Waals surface area contributed by atoms with Crippen LogP contribution in [0, 0.1) is 10.1 Å². The molecule has 3 N–H and O–H groups in total. The molecule has 0 aliphatic rings. The molecule has 0 radical (unpaired) electrons. The summed E-state index contributed by atoms with van der Waals surface area (Å²) in [4.78, 5) is 23.9. The van der Waals surface area contributed by atoms with Crippen molar-refractivity contribution in [3.05, 3.63) is 28.3 Å². The number of rotatable bonds is 9. The summed E-state index contributed by atoms with van der Waals surface area (Å²) >= 11 is 0. The maximum Gasteiger partial charge on any atom is 0.315 e. The van der Waals surface area contributed by atoms with Gasteiger partial charge in [-0.05, 0) is 25.5 Å². The number of hydrogen-bond acceptors (Lipinski definition) is 5. The first kappa shape index (κ1) is 16.7. The highest BCUT2D eigenvalue weighted by molar-refractivity contribution is 5.83. The number of nitro groups is 1. The molecule has 0 aliphatic heterocycles. The fourth-order valence-corrected chi connectivity index (χ4v) is 2.13. The van der Waals surface area contributed by atoms with Gasteiger partial charge in [0.2, 0.25) is 5.91 Å². The Kier molecular flexibility index (Phi) is 6.45. The number of unbranched alkanes of at least 4 members (excludes halogenated alkanes) is 1. The van der Waals surface area contributed by atoms with E-state index >= 15 is 0 Å². The van der Waals surface area contributed by atoms with Gasteiger partial charge in [0.1, 0.15) is 11.4 Å². The lowest BCUT2D eigenvalue weighted by Crippen LogP contribution is -2.35. The number of anilines is 2. The van der Waals surface area contributed by atoms with Gasteiger partial charge in [-0.25, -0.2) is 0 Å². The van der Waals surface area contributed by atoms with Crippen molar-refractivity contribution < 1.29 is 9.72 Å². The van der Waals surface area contributed by atoms with E-state index in [9.17, 15) is 14.9 Å². The van der Waals surface area contributed by atoms with E-state index in [2.05, 4.69) is 5.32 Å². The molecule has 7 nitrogen and oxygen atoms in total. The Bertz CT molecular complexity index is 505. The lowest BCUT2D eigenvalue weighted by Gasteiger charge is -2.23. The molecule has 0 heterocycles. The molecule has 0 unspecified atom stereocenters. The van der Waals surface area contributed by atoms with Crippen LogP contribution in [-0.4, -0.2) is 30.5 Å². The van der Waals surface area contributed by atoms with Crippen molar-refractivity contribution in [2.24, 2.45) is 5.73 Å². The third-order valence-corrected chi connectivity index (χ3v) is 3.03. The Hall–Kier alpha value is -2.31. The molecule has 21 heavy (non-hydrogen) atoms. The molecule has 1 aromatic carbocycles. The Balaban J connectivity index is 3.24. The third-order valence-electron chi connectivity index (χ3n) is 3.03. The molecule has 7 heteroatoms. The van der Waals surface area contributed by atoms with Crippen molar-refractivity contribution >= 4 is 23.0 Å². The second-order valence-electron chi connectivity index (χ2n) is 4.70. The number of hydrogen-bond donors (Lipinski definition) is 2. The summed E-state index contributed by atoms with van der Waals surface area (Å²) in [5.41, 5.74) is 6.11. The molecule has 0 atom stereocenters. The average molecular weight is 294 g/mol. The minimum absolute atomic E-state index is 0.0169. The van der Waals surface area contributed by atoms with Gasteiger partial charge in [-0.2, -0.15) is 0 Å². The van der Waals surface area contributed by atoms with Gasteiger partial charge in [-0.1, -0.05) is 19.4 Å². The summed E-state index contributed by atoms with van der Waals surface area (Å²) in [6, 6.07) is 5.05. The van der Waals surface area contributed by atoms with Gasteiger partial charge >= 0.3 is 5.69 Å². The zero-order chi connectivity index (χ0) is 15.8. The molecule has 0 fully saturated rings. The lowest BCUT2D eigenvalue weighted by atomic mass is 10.2. The van der Waals surface area contributed by atoms with E-state index in [1.165, 1.54) is 0 Å². The molecular formula is C14H22N4O3. The van der Waals surface area contributed by atoms with Crippen LogP contribution in [0.25, 0.3) is 0 Å². The summed E-state index contributed by atoms with van der Waals surface area (Å²) in [6.45, 7) is 4.99. The third kappa shape index (κ3) is 4.62. The Labute approximate surface area is 124 Å². The number of nitrogens with one attached hydrogen (secondary N) is 1. The van der Waals surface area contributed by atoms with Crippen LogP contribution in [0.1, 0.15) is 26.7 Å². The van der Waals surface area contributed by atoms with Crippen molar-refractivity contribution in [3.63, 3.8) is 0 Å². The van der Waals surface area contributed by atoms with Crippen molar-refractivity contribution in [1.29, 1.82) is 0 Å². The second-order valence-corrected chi connectivity index (χ2v) is 4.70. The van der Waals surface area contributed by atoms with Gasteiger partial charge in [0.05, 0.1) is 11.5 Å². The molecule has 0 saturated heterocycles. The first-order chi connectivity index (χ1) is 10.0. The van der Waals surface area contributed by atoms with Gasteiger partial charge < -0.3 is 16.0 Å². The molecular weight excluding hydrogens is 272 g/mol. The van der Waals surface area contributed by atoms with Crippen molar-refractivity contribution in [2.45, 2.75) is 26.7 Å². The largest absolute Gasteiger partial charge is 0.380 e. The van der Waals surface area contributed by atoms with Gasteiger partial charge in [0.25, 0.3) is 0 Å². The van der Waals surface area contributed by atoms with E-state index in [0.29, 0.717) is 24.5 Å². The van der Waals surface area contributed by atoms with E-state index < -0.39 is 10.8 Å². The Morgan fingerprint density at radius 1 is 1.43 bits per heavy atom. The van der Waals surface area contributed by atoms with Crippen LogP contribution in [0.4, 0.5) is 17.1 Å². The highest BCUT2D eigenvalue weighted by Gasteiger charge is 2.24. The number of nitro benzene ring substituents is 1. The van der Waals surface area contributed by atoms with Crippen LogP contribution in [0.15, 0.2) is 18.2 Å². The molecule has 0 aliphatic carbocycles. The van der Waals surface area contributed by atoms with Gasteiger partial charge in [-0.15, -0.1) is 0 Å². The molecule has 0 saturated carbocycles. The van der Waals surface area contributed by atoms with Crippen LogP contribution >= 0.6 is 0 Å². The topological polar surface area (TPSA) is 102 Å². The molecule has 1 amide bonds. The molecule has 0 aromatic heterocycles. The number of carbonyl (C=O) groups is 1. The number of carbonyl (C=O) groups excluding carboxylic acids is 1. The van der Waals surface area contributed by atoms with E-state index in [1.807, 2.05) is 13.8 Å². The van der Waals surface area contributed by atoms with Crippen LogP contribution in [0.3, 0.4) is 0 Å². The standard InChI is InChI=1S/C14H22N4O3/c1-3-5-9-17(10-13(15)19)12-8-6-7-11(16-4-2)14(12)18(20)21/h6-8,16H,3-5,9-10H2,1-2H3,(H2,15,19). The fraction of sp³-hybridized carbons (Fsp3) is 0.500. The molecule has 0 bridgehead atoms. The van der Waals surface area contributed by atoms with Crippen LogP contribution in [0.2, 0.25) is 0 Å². The van der Waals surface area contributed by atoms with Crippen LogP contribution < -0.4 is 16.0 Å². The second kappa shape index (κ2) is 8.08. The monoisotopic (exact) mass is 294 g/mol. The number of nitrogens with two attached hydrogens (primary N) is 1. The minimum Gasteiger partial charge on any atom is -0.380 e. The average Bonchev–Trinajstić information content (AvgIpc) is 2.43. The molecule has 1 rings (SSSR count). The normalized spacial score (nSPS) is 10.2. The van der Waals surface area contributed by atoms with Gasteiger partial charge in [-0.3, -0.25) is 14.9 Å². The Morgan fingerprint density at radius 3 is 2.67 bits per heavy atom. The Morgan fingerprint density at radius 2 is 2.14 bits per heavy atom. The predicted molar refractivity (Wildman–Crippen MR) is 83.6 cm³/mol. The van der Waals surface area contributed by atoms with Crippen molar-refractivity contribution in [2.75, 3.05) is 29.9 Å². The zero-order valence-corrected chi connectivity index (χ0v) is 12.5. The van der Waals surface area contributed by atoms with Crippen LogP contribution in [0.5, 0.6) is 0 Å². The smallest absolute Gasteiger partial charge is 0.315 e. The summed E-state index contributed by atoms with van der Waals surface area (Å²) in [5.74, 6) is -0.505. The molecule has 116 valence electrons. The summed E-state index contributed by atoms with van der Waals surface area (Å²) in [6.07, 6.45) is 1.76. The summed E-state index contributed by atoms with van der Waals surface area (Å²) in [5, 5.41) is 14.4. The molecule has 0 spiro atoms. The highest BCUT2D eigenvalue weighted by atomic mass is 16.6. The maximum atomic E-state index is 11.4. The highest BCUT2D eigenvalue weighted by Crippen LogP contribution is 2.35.